The first-order valence-electron chi connectivity index (χ1n) is 8.64. The molecule has 2 amide bonds. The van der Waals surface area contributed by atoms with Crippen molar-refractivity contribution >= 4 is 22.8 Å². The van der Waals surface area contributed by atoms with Crippen molar-refractivity contribution in [2.24, 2.45) is 7.05 Å². The lowest BCUT2D eigenvalue weighted by Crippen LogP contribution is -2.41. The Labute approximate surface area is 141 Å². The second-order valence-electron chi connectivity index (χ2n) is 6.68. The lowest BCUT2D eigenvalue weighted by molar-refractivity contribution is -0.139. The van der Waals surface area contributed by atoms with Crippen LogP contribution in [0.25, 0.3) is 11.0 Å². The molecular formula is C18H22N4O2. The minimum Gasteiger partial charge on any atom is -0.333 e. The molecule has 0 radical (unpaired) electrons. The van der Waals surface area contributed by atoms with Crippen molar-refractivity contribution in [1.29, 1.82) is 0 Å². The minimum atomic E-state index is 0.00704. The third-order valence-corrected chi connectivity index (χ3v) is 5.19. The summed E-state index contributed by atoms with van der Waals surface area (Å²) in [7, 11) is 2.01. The number of aromatic nitrogens is 2. The van der Waals surface area contributed by atoms with E-state index in [9.17, 15) is 9.59 Å². The van der Waals surface area contributed by atoms with Crippen LogP contribution < -0.4 is 0 Å². The topological polar surface area (TPSA) is 58.4 Å². The molecule has 24 heavy (non-hydrogen) atoms. The van der Waals surface area contributed by atoms with Gasteiger partial charge in [0.1, 0.15) is 5.82 Å². The summed E-state index contributed by atoms with van der Waals surface area (Å²) in [6.07, 6.45) is 3.34. The van der Waals surface area contributed by atoms with E-state index in [2.05, 4.69) is 10.6 Å². The van der Waals surface area contributed by atoms with Crippen LogP contribution in [0.4, 0.5) is 0 Å². The number of hydrogen-bond donors (Lipinski definition) is 0. The molecule has 0 unspecified atom stereocenters. The molecule has 0 spiro atoms. The van der Waals surface area contributed by atoms with Crippen LogP contribution in [0.5, 0.6) is 0 Å². The first-order chi connectivity index (χ1) is 11.6. The van der Waals surface area contributed by atoms with Crippen LogP contribution in [-0.2, 0) is 16.6 Å². The predicted octanol–water partition coefficient (Wildman–Crippen LogP) is 1.86. The van der Waals surface area contributed by atoms with E-state index in [0.29, 0.717) is 13.0 Å². The van der Waals surface area contributed by atoms with Gasteiger partial charge in [-0.25, -0.2) is 4.98 Å². The molecule has 126 valence electrons. The summed E-state index contributed by atoms with van der Waals surface area (Å²) in [6, 6.07) is 8.05. The van der Waals surface area contributed by atoms with Gasteiger partial charge < -0.3 is 14.4 Å². The number of carbonyl (C=O) groups excluding carboxylic acids is 2. The molecular weight excluding hydrogens is 304 g/mol. The molecule has 1 aromatic heterocycles. The zero-order chi connectivity index (χ0) is 16.7. The molecule has 6 nitrogen and oxygen atoms in total. The highest BCUT2D eigenvalue weighted by molar-refractivity contribution is 5.86. The molecule has 1 aromatic carbocycles. The number of benzene rings is 1. The van der Waals surface area contributed by atoms with Gasteiger partial charge in [0, 0.05) is 26.6 Å². The van der Waals surface area contributed by atoms with Gasteiger partial charge in [-0.15, -0.1) is 0 Å². The van der Waals surface area contributed by atoms with Crippen molar-refractivity contribution in [3.63, 3.8) is 0 Å². The van der Waals surface area contributed by atoms with E-state index in [1.807, 2.05) is 30.1 Å². The Bertz CT molecular complexity index is 797. The summed E-state index contributed by atoms with van der Waals surface area (Å²) in [5.74, 6) is 1.08. The first kappa shape index (κ1) is 15.2. The number of carbonyl (C=O) groups is 2. The van der Waals surface area contributed by atoms with Gasteiger partial charge in [-0.1, -0.05) is 12.1 Å². The van der Waals surface area contributed by atoms with E-state index in [1.54, 1.807) is 4.90 Å². The number of fused-ring (bicyclic) bond motifs is 1. The average molecular weight is 326 g/mol. The van der Waals surface area contributed by atoms with Gasteiger partial charge >= 0.3 is 0 Å². The fraction of sp³-hybridized carbons (Fsp3) is 0.500. The van der Waals surface area contributed by atoms with E-state index < -0.39 is 0 Å². The Morgan fingerprint density at radius 3 is 2.83 bits per heavy atom. The smallest absolute Gasteiger partial charge is 0.242 e. The number of para-hydroxylation sites is 2. The number of hydrogen-bond acceptors (Lipinski definition) is 3. The largest absolute Gasteiger partial charge is 0.333 e. The second kappa shape index (κ2) is 5.92. The maximum atomic E-state index is 12.8. The van der Waals surface area contributed by atoms with Gasteiger partial charge in [0.15, 0.2) is 0 Å². The SMILES string of the molecule is Cn1c([C@H]2CCCN2C(=O)CN2CCCC2=O)nc2ccccc21. The summed E-state index contributed by atoms with van der Waals surface area (Å²) in [4.78, 5) is 32.9. The fourth-order valence-electron chi connectivity index (χ4n) is 3.92. The van der Waals surface area contributed by atoms with Gasteiger partial charge in [-0.05, 0) is 31.4 Å². The highest BCUT2D eigenvalue weighted by Gasteiger charge is 2.34. The maximum Gasteiger partial charge on any atom is 0.242 e. The third-order valence-electron chi connectivity index (χ3n) is 5.19. The van der Waals surface area contributed by atoms with Crippen molar-refractivity contribution in [3.8, 4) is 0 Å². The third kappa shape index (κ3) is 2.46. The van der Waals surface area contributed by atoms with Crippen molar-refractivity contribution in [3.05, 3.63) is 30.1 Å². The standard InChI is InChI=1S/C18H22N4O2/c1-20-14-7-3-2-6-13(14)19-18(20)15-8-4-11-22(15)17(24)12-21-10-5-9-16(21)23/h2-3,6-7,15H,4-5,8-12H2,1H3/t15-/m1/s1. The van der Waals surface area contributed by atoms with E-state index in [4.69, 9.17) is 4.98 Å². The molecule has 0 bridgehead atoms. The summed E-state index contributed by atoms with van der Waals surface area (Å²) >= 11 is 0. The molecule has 1 atom stereocenters. The van der Waals surface area contributed by atoms with Gasteiger partial charge in [0.05, 0.1) is 23.6 Å². The molecule has 2 aliphatic rings. The van der Waals surface area contributed by atoms with Crippen LogP contribution in [0.3, 0.4) is 0 Å². The molecule has 0 N–H and O–H groups in total. The molecule has 2 fully saturated rings. The van der Waals surface area contributed by atoms with Gasteiger partial charge in [0.2, 0.25) is 11.8 Å². The number of aryl methyl sites for hydroxylation is 1. The number of amides is 2. The molecule has 4 rings (SSSR count). The van der Waals surface area contributed by atoms with Gasteiger partial charge in [0.25, 0.3) is 0 Å². The van der Waals surface area contributed by atoms with E-state index in [-0.39, 0.29) is 24.4 Å². The Balaban J connectivity index is 1.58. The molecule has 3 heterocycles. The van der Waals surface area contributed by atoms with Crippen LogP contribution in [0.15, 0.2) is 24.3 Å². The van der Waals surface area contributed by atoms with Crippen molar-refractivity contribution < 1.29 is 9.59 Å². The summed E-state index contributed by atoms with van der Waals surface area (Å²) in [6.45, 7) is 1.66. The van der Waals surface area contributed by atoms with Gasteiger partial charge in [-0.3, -0.25) is 9.59 Å². The summed E-state index contributed by atoms with van der Waals surface area (Å²) in [5.41, 5.74) is 2.05. The average Bonchev–Trinajstić information content (AvgIpc) is 3.28. The van der Waals surface area contributed by atoms with Crippen LogP contribution in [0.2, 0.25) is 0 Å². The van der Waals surface area contributed by atoms with E-state index >= 15 is 0 Å². The molecule has 2 saturated heterocycles. The predicted molar refractivity (Wildman–Crippen MR) is 90.2 cm³/mol. The molecule has 2 aromatic rings. The highest BCUT2D eigenvalue weighted by atomic mass is 16.2. The Hall–Kier alpha value is -2.37. The highest BCUT2D eigenvalue weighted by Crippen LogP contribution is 2.33. The Morgan fingerprint density at radius 1 is 1.25 bits per heavy atom. The minimum absolute atomic E-state index is 0.00704. The Morgan fingerprint density at radius 2 is 2.08 bits per heavy atom. The second-order valence-corrected chi connectivity index (χ2v) is 6.68. The maximum absolute atomic E-state index is 12.8. The normalized spacial score (nSPS) is 21.2. The summed E-state index contributed by atoms with van der Waals surface area (Å²) in [5, 5.41) is 0. The summed E-state index contributed by atoms with van der Waals surface area (Å²) < 4.78 is 2.09. The molecule has 6 heteroatoms. The van der Waals surface area contributed by atoms with Crippen LogP contribution in [0, 0.1) is 0 Å². The molecule has 2 aliphatic heterocycles. The number of rotatable bonds is 3. The monoisotopic (exact) mass is 326 g/mol. The zero-order valence-corrected chi connectivity index (χ0v) is 13.9. The van der Waals surface area contributed by atoms with Crippen LogP contribution >= 0.6 is 0 Å². The van der Waals surface area contributed by atoms with E-state index in [1.165, 1.54) is 0 Å². The zero-order valence-electron chi connectivity index (χ0n) is 13.9. The fourth-order valence-corrected chi connectivity index (χ4v) is 3.92. The van der Waals surface area contributed by atoms with Crippen molar-refractivity contribution in [2.45, 2.75) is 31.7 Å². The van der Waals surface area contributed by atoms with Crippen LogP contribution in [-0.4, -0.2) is 50.8 Å². The van der Waals surface area contributed by atoms with Gasteiger partial charge in [-0.2, -0.15) is 0 Å². The van der Waals surface area contributed by atoms with Crippen LogP contribution in [0.1, 0.15) is 37.5 Å². The van der Waals surface area contributed by atoms with Crippen molar-refractivity contribution in [1.82, 2.24) is 19.4 Å². The molecule has 0 aliphatic carbocycles. The Kier molecular flexibility index (Phi) is 3.75. The number of nitrogens with zero attached hydrogens (tertiary/aromatic N) is 4. The number of imidazole rings is 1. The lowest BCUT2D eigenvalue weighted by atomic mass is 10.2. The molecule has 0 saturated carbocycles. The quantitative estimate of drug-likeness (QED) is 0.865. The lowest BCUT2D eigenvalue weighted by Gasteiger charge is -2.26. The van der Waals surface area contributed by atoms with Crippen molar-refractivity contribution in [2.75, 3.05) is 19.6 Å². The first-order valence-corrected chi connectivity index (χ1v) is 8.64. The number of likely N-dealkylation sites (tertiary alicyclic amines) is 2. The van der Waals surface area contributed by atoms with E-state index in [0.717, 1.165) is 42.7 Å².